The average molecular weight is 452 g/mol. The number of urea groups is 1. The first-order chi connectivity index (χ1) is 14.0. The normalized spacial score (nSPS) is 12.9. The van der Waals surface area contributed by atoms with Crippen molar-refractivity contribution in [2.45, 2.75) is 6.42 Å². The Hall–Kier alpha value is -3.19. The van der Waals surface area contributed by atoms with Gasteiger partial charge < -0.3 is 10.6 Å². The molecule has 0 saturated heterocycles. The molecule has 0 atom stereocenters. The molecule has 3 aromatic carbocycles. The smallest absolute Gasteiger partial charge is 0.319 e. The fourth-order valence-corrected chi connectivity index (χ4v) is 3.71. The van der Waals surface area contributed by atoms with Gasteiger partial charge in [-0.05, 0) is 47.5 Å². The maximum absolute atomic E-state index is 12.4. The lowest BCUT2D eigenvalue weighted by molar-refractivity contribution is 0.0653. The van der Waals surface area contributed by atoms with Crippen LogP contribution in [0.15, 0.2) is 65.1 Å². The SMILES string of the molecule is O=C(NCCCN1C(=O)c2ccc(Br)cc2C1=O)Nc1ccc2ccccc2c1. The highest BCUT2D eigenvalue weighted by atomic mass is 79.9. The lowest BCUT2D eigenvalue weighted by Gasteiger charge is -2.14. The molecule has 29 heavy (non-hydrogen) atoms. The number of fused-ring (bicyclic) bond motifs is 2. The second kappa shape index (κ2) is 8.05. The zero-order chi connectivity index (χ0) is 20.4. The lowest BCUT2D eigenvalue weighted by atomic mass is 10.1. The number of carbonyl (C=O) groups is 3. The van der Waals surface area contributed by atoms with Crippen LogP contribution in [0.3, 0.4) is 0 Å². The van der Waals surface area contributed by atoms with E-state index in [1.807, 2.05) is 42.5 Å². The number of rotatable bonds is 5. The fourth-order valence-electron chi connectivity index (χ4n) is 3.35. The molecule has 0 bridgehead atoms. The van der Waals surface area contributed by atoms with Crippen molar-refractivity contribution < 1.29 is 14.4 Å². The first-order valence-electron chi connectivity index (χ1n) is 9.22. The van der Waals surface area contributed by atoms with Gasteiger partial charge in [0.05, 0.1) is 11.1 Å². The van der Waals surface area contributed by atoms with E-state index in [1.54, 1.807) is 18.2 Å². The number of imide groups is 1. The van der Waals surface area contributed by atoms with Crippen molar-refractivity contribution in [3.05, 3.63) is 76.3 Å². The van der Waals surface area contributed by atoms with Crippen LogP contribution in [0.4, 0.5) is 10.5 Å². The van der Waals surface area contributed by atoms with Crippen LogP contribution in [-0.4, -0.2) is 35.8 Å². The molecule has 0 aromatic heterocycles. The van der Waals surface area contributed by atoms with E-state index in [0.29, 0.717) is 29.8 Å². The number of carbonyl (C=O) groups excluding carboxylic acids is 3. The van der Waals surface area contributed by atoms with Gasteiger partial charge in [0.25, 0.3) is 11.8 Å². The summed E-state index contributed by atoms with van der Waals surface area (Å²) in [6.07, 6.45) is 0.470. The lowest BCUT2D eigenvalue weighted by Crippen LogP contribution is -2.35. The highest BCUT2D eigenvalue weighted by molar-refractivity contribution is 9.10. The van der Waals surface area contributed by atoms with Gasteiger partial charge in [-0.1, -0.05) is 46.3 Å². The molecule has 1 aliphatic rings. The number of hydrogen-bond donors (Lipinski definition) is 2. The Balaban J connectivity index is 1.27. The summed E-state index contributed by atoms with van der Waals surface area (Å²) in [5.41, 5.74) is 1.53. The second-order valence-electron chi connectivity index (χ2n) is 6.75. The maximum Gasteiger partial charge on any atom is 0.319 e. The second-order valence-corrected chi connectivity index (χ2v) is 7.66. The van der Waals surface area contributed by atoms with Gasteiger partial charge in [0, 0.05) is 23.2 Å². The van der Waals surface area contributed by atoms with E-state index < -0.39 is 0 Å². The molecule has 4 rings (SSSR count). The van der Waals surface area contributed by atoms with Gasteiger partial charge in [0.1, 0.15) is 0 Å². The van der Waals surface area contributed by atoms with E-state index in [4.69, 9.17) is 0 Å². The molecule has 2 N–H and O–H groups in total. The van der Waals surface area contributed by atoms with Crippen LogP contribution in [0.2, 0.25) is 0 Å². The molecule has 146 valence electrons. The number of halogens is 1. The van der Waals surface area contributed by atoms with Gasteiger partial charge in [-0.2, -0.15) is 0 Å². The molecule has 1 aliphatic heterocycles. The van der Waals surface area contributed by atoms with Gasteiger partial charge in [-0.15, -0.1) is 0 Å². The minimum atomic E-state index is -0.327. The van der Waals surface area contributed by atoms with Crippen molar-refractivity contribution in [2.24, 2.45) is 0 Å². The predicted molar refractivity (Wildman–Crippen MR) is 115 cm³/mol. The van der Waals surface area contributed by atoms with Crippen molar-refractivity contribution in [1.82, 2.24) is 10.2 Å². The summed E-state index contributed by atoms with van der Waals surface area (Å²) >= 11 is 3.32. The molecule has 4 amide bonds. The molecule has 3 aromatic rings. The summed E-state index contributed by atoms with van der Waals surface area (Å²) in [6.45, 7) is 0.594. The Morgan fingerprint density at radius 3 is 2.48 bits per heavy atom. The van der Waals surface area contributed by atoms with E-state index in [2.05, 4.69) is 26.6 Å². The molecule has 0 fully saturated rings. The van der Waals surface area contributed by atoms with Gasteiger partial charge >= 0.3 is 6.03 Å². The summed E-state index contributed by atoms with van der Waals surface area (Å²) in [6, 6.07) is 18.3. The van der Waals surface area contributed by atoms with E-state index in [0.717, 1.165) is 15.2 Å². The molecule has 0 aliphatic carbocycles. The van der Waals surface area contributed by atoms with Gasteiger partial charge in [0.15, 0.2) is 0 Å². The molecule has 0 spiro atoms. The molecule has 0 radical (unpaired) electrons. The van der Waals surface area contributed by atoms with Crippen LogP contribution in [0, 0.1) is 0 Å². The zero-order valence-electron chi connectivity index (χ0n) is 15.4. The third-order valence-corrected chi connectivity index (χ3v) is 5.28. The van der Waals surface area contributed by atoms with E-state index in [1.165, 1.54) is 4.90 Å². The Morgan fingerprint density at radius 1 is 0.897 bits per heavy atom. The summed E-state index contributed by atoms with van der Waals surface area (Å²) in [5, 5.41) is 7.70. The van der Waals surface area contributed by atoms with E-state index in [-0.39, 0.29) is 24.4 Å². The van der Waals surface area contributed by atoms with Crippen LogP contribution >= 0.6 is 15.9 Å². The molecule has 6 nitrogen and oxygen atoms in total. The number of amides is 4. The largest absolute Gasteiger partial charge is 0.338 e. The van der Waals surface area contributed by atoms with Crippen molar-refractivity contribution >= 4 is 50.2 Å². The summed E-state index contributed by atoms with van der Waals surface area (Å²) in [5.74, 6) is -0.593. The van der Waals surface area contributed by atoms with Gasteiger partial charge in [-0.3, -0.25) is 14.5 Å². The predicted octanol–water partition coefficient (Wildman–Crippen LogP) is 4.41. The summed E-state index contributed by atoms with van der Waals surface area (Å²) in [7, 11) is 0. The Kier molecular flexibility index (Phi) is 5.31. The topological polar surface area (TPSA) is 78.5 Å². The average Bonchev–Trinajstić information content (AvgIpc) is 2.95. The van der Waals surface area contributed by atoms with Crippen LogP contribution in [0.5, 0.6) is 0 Å². The fraction of sp³-hybridized carbons (Fsp3) is 0.136. The Labute approximate surface area is 176 Å². The highest BCUT2D eigenvalue weighted by Gasteiger charge is 2.34. The van der Waals surface area contributed by atoms with Crippen molar-refractivity contribution in [3.63, 3.8) is 0 Å². The number of hydrogen-bond acceptors (Lipinski definition) is 3. The molecule has 0 saturated carbocycles. The Morgan fingerprint density at radius 2 is 1.66 bits per heavy atom. The van der Waals surface area contributed by atoms with E-state index in [9.17, 15) is 14.4 Å². The molecular weight excluding hydrogens is 434 g/mol. The Bertz CT molecular complexity index is 1130. The van der Waals surface area contributed by atoms with Crippen LogP contribution in [0.25, 0.3) is 10.8 Å². The zero-order valence-corrected chi connectivity index (χ0v) is 17.0. The minimum absolute atomic E-state index is 0.250. The summed E-state index contributed by atoms with van der Waals surface area (Å²) < 4.78 is 0.756. The first-order valence-corrected chi connectivity index (χ1v) is 10.0. The molecule has 1 heterocycles. The number of benzene rings is 3. The number of nitrogens with zero attached hydrogens (tertiary/aromatic N) is 1. The maximum atomic E-state index is 12.4. The number of anilines is 1. The third kappa shape index (κ3) is 4.00. The van der Waals surface area contributed by atoms with Gasteiger partial charge in [0.2, 0.25) is 0 Å². The molecular formula is C22H18BrN3O3. The number of nitrogens with one attached hydrogen (secondary N) is 2. The van der Waals surface area contributed by atoms with Crippen molar-refractivity contribution in [3.8, 4) is 0 Å². The molecule has 7 heteroatoms. The third-order valence-electron chi connectivity index (χ3n) is 4.78. The van der Waals surface area contributed by atoms with E-state index >= 15 is 0 Å². The van der Waals surface area contributed by atoms with Crippen LogP contribution < -0.4 is 10.6 Å². The van der Waals surface area contributed by atoms with Crippen molar-refractivity contribution in [2.75, 3.05) is 18.4 Å². The summed E-state index contributed by atoms with van der Waals surface area (Å²) in [4.78, 5) is 38.1. The monoisotopic (exact) mass is 451 g/mol. The van der Waals surface area contributed by atoms with Crippen LogP contribution in [-0.2, 0) is 0 Å². The highest BCUT2D eigenvalue weighted by Crippen LogP contribution is 2.26. The minimum Gasteiger partial charge on any atom is -0.338 e. The van der Waals surface area contributed by atoms with Crippen molar-refractivity contribution in [1.29, 1.82) is 0 Å². The van der Waals surface area contributed by atoms with Gasteiger partial charge in [-0.25, -0.2) is 4.79 Å². The van der Waals surface area contributed by atoms with Crippen LogP contribution in [0.1, 0.15) is 27.1 Å². The standard InChI is InChI=1S/C22H18BrN3O3/c23-16-7-9-18-19(13-16)21(28)26(20(18)27)11-3-10-24-22(29)25-17-8-6-14-4-1-2-5-15(14)12-17/h1-2,4-9,12-13H,3,10-11H2,(H2,24,25,29). The quantitative estimate of drug-likeness (QED) is 0.445. The first kappa shape index (κ1) is 19.1. The molecule has 0 unspecified atom stereocenters.